The van der Waals surface area contributed by atoms with E-state index in [-0.39, 0.29) is 55.4 Å². The summed E-state index contributed by atoms with van der Waals surface area (Å²) in [6, 6.07) is 0. The van der Waals surface area contributed by atoms with Gasteiger partial charge in [-0.05, 0) is 0 Å². The van der Waals surface area contributed by atoms with E-state index in [9.17, 15) is 4.79 Å². The van der Waals surface area contributed by atoms with Crippen LogP contribution in [0.4, 0.5) is 4.79 Å². The molecule has 0 bridgehead atoms. The molecule has 58 valence electrons. The van der Waals surface area contributed by atoms with Crippen molar-refractivity contribution in [3.8, 4) is 0 Å². The number of primary amides is 1. The second-order valence-electron chi connectivity index (χ2n) is 0.936. The summed E-state index contributed by atoms with van der Waals surface area (Å²) in [6.07, 6.45) is -1.33. The van der Waals surface area contributed by atoms with Crippen LogP contribution in [0.2, 0.25) is 0 Å². The van der Waals surface area contributed by atoms with E-state index in [4.69, 9.17) is 15.0 Å². The predicted molar refractivity (Wildman–Crippen MR) is 37.4 cm³/mol. The topological polar surface area (TPSA) is 127 Å². The zero-order chi connectivity index (χ0) is 7.86. The number of nitrogens with two attached hydrogens (primary N) is 2. The van der Waals surface area contributed by atoms with Crippen molar-refractivity contribution >= 4 is 60.9 Å². The number of rotatable bonds is 1. The fourth-order valence-corrected chi connectivity index (χ4v) is 0. The first kappa shape index (κ1) is 16.7. The van der Waals surface area contributed by atoms with Crippen LogP contribution in [-0.4, -0.2) is 77.7 Å². The molecule has 0 aromatic heterocycles. The van der Waals surface area contributed by atoms with E-state index >= 15 is 0 Å². The first-order valence-electron chi connectivity index (χ1n) is 1.91. The summed E-state index contributed by atoms with van der Waals surface area (Å²) in [7, 11) is 0. The molecule has 0 aliphatic rings. The zero-order valence-electron chi connectivity index (χ0n) is 4.57. The Hall–Kier alpha value is 0.271. The van der Waals surface area contributed by atoms with Crippen LogP contribution in [0.3, 0.4) is 0 Å². The summed E-state index contributed by atoms with van der Waals surface area (Å²) in [5, 5.41) is 14.8. The molecule has 0 aliphatic heterocycles. The van der Waals surface area contributed by atoms with Crippen molar-refractivity contribution in [2.24, 2.45) is 11.5 Å². The van der Waals surface area contributed by atoms with Gasteiger partial charge in [-0.15, -0.1) is 0 Å². The number of hydrogen-bond donors (Lipinski definition) is 4. The van der Waals surface area contributed by atoms with Crippen LogP contribution in [0.1, 0.15) is 0 Å². The van der Waals surface area contributed by atoms with Gasteiger partial charge in [-0.25, -0.2) is 4.79 Å². The van der Waals surface area contributed by atoms with Crippen molar-refractivity contribution in [3.63, 3.8) is 0 Å². The Morgan fingerprint density at radius 1 is 1.30 bits per heavy atom. The van der Waals surface area contributed by atoms with E-state index < -0.39 is 12.1 Å². The molecule has 6 N–H and O–H groups in total. The van der Waals surface area contributed by atoms with Gasteiger partial charge in [0.1, 0.15) is 0 Å². The molecule has 0 unspecified atom stereocenters. The van der Waals surface area contributed by atoms with Gasteiger partial charge in [0.15, 0.2) is 0 Å². The van der Waals surface area contributed by atoms with Crippen LogP contribution in [-0.2, 0) is 4.79 Å². The molecule has 0 saturated heterocycles. The van der Waals surface area contributed by atoms with Crippen molar-refractivity contribution < 1.29 is 19.8 Å². The molecule has 10 heavy (non-hydrogen) atoms. The Bertz CT molecular complexity index is 103. The summed E-state index contributed by atoms with van der Waals surface area (Å²) >= 11 is 0. The van der Waals surface area contributed by atoms with Crippen molar-refractivity contribution in [2.75, 3.05) is 6.54 Å². The van der Waals surface area contributed by atoms with Gasteiger partial charge in [-0.2, -0.15) is 0 Å². The molecular formula is C3H10BaN2O4. The molecule has 0 aromatic carbocycles. The van der Waals surface area contributed by atoms with E-state index in [0.29, 0.717) is 0 Å². The van der Waals surface area contributed by atoms with Gasteiger partial charge >= 0.3 is 60.9 Å². The van der Waals surface area contributed by atoms with Crippen LogP contribution < -0.4 is 11.5 Å². The van der Waals surface area contributed by atoms with E-state index in [1.165, 1.54) is 0 Å². The molecule has 6 nitrogen and oxygen atoms in total. The molecule has 0 rings (SSSR count). The van der Waals surface area contributed by atoms with Crippen LogP contribution in [0.5, 0.6) is 0 Å². The van der Waals surface area contributed by atoms with E-state index in [1.54, 1.807) is 0 Å². The minimum absolute atomic E-state index is 0. The molecule has 0 atom stereocenters. The first-order chi connectivity index (χ1) is 4.00. The molecule has 1 amide bonds. The van der Waals surface area contributed by atoms with Crippen LogP contribution >= 0.6 is 0 Å². The van der Waals surface area contributed by atoms with Crippen LogP contribution in [0.15, 0.2) is 0 Å². The van der Waals surface area contributed by atoms with Gasteiger partial charge in [0.2, 0.25) is 0 Å². The van der Waals surface area contributed by atoms with Crippen LogP contribution in [0.25, 0.3) is 0 Å². The normalized spacial score (nSPS) is 6.10. The standard InChI is InChI=1S/C2H5NO2.CH3NO2.Ba.2H/c3-1-2(4)5;2-1(3)4;;;/h1,3H2,(H,4,5);2H2,(H,3,4);;;. The quantitative estimate of drug-likeness (QED) is 0.402. The van der Waals surface area contributed by atoms with Gasteiger partial charge in [0.25, 0.3) is 0 Å². The summed E-state index contributed by atoms with van der Waals surface area (Å²) in [6.45, 7) is -0.278. The average Bonchev–Trinajstić information content (AvgIpc) is 1.65. The molecule has 0 radical (unpaired) electrons. The Morgan fingerprint density at radius 3 is 1.40 bits per heavy atom. The van der Waals surface area contributed by atoms with Gasteiger partial charge < -0.3 is 21.7 Å². The second kappa shape index (κ2) is 12.0. The monoisotopic (exact) mass is 276 g/mol. The molecule has 0 saturated carbocycles. The molecule has 7 heteroatoms. The van der Waals surface area contributed by atoms with E-state index in [0.717, 1.165) is 0 Å². The van der Waals surface area contributed by atoms with Gasteiger partial charge in [-0.3, -0.25) is 4.79 Å². The Balaban J connectivity index is -0.0000000910. The predicted octanol–water partition coefficient (Wildman–Crippen LogP) is -2.26. The SMILES string of the molecule is NC(=O)O.NCC(=O)O.[BaH2]. The number of carboxylic acid groups (broad SMARTS) is 2. The molecule has 0 aliphatic carbocycles. The Morgan fingerprint density at radius 2 is 1.40 bits per heavy atom. The molecular weight excluding hydrogens is 265 g/mol. The van der Waals surface area contributed by atoms with Crippen molar-refractivity contribution in [2.45, 2.75) is 0 Å². The molecule has 0 spiro atoms. The number of carbonyl (C=O) groups is 2. The van der Waals surface area contributed by atoms with E-state index in [1.807, 2.05) is 0 Å². The maximum absolute atomic E-state index is 9.24. The molecule has 0 heterocycles. The third-order valence-electron chi connectivity index (χ3n) is 0.175. The fourth-order valence-electron chi connectivity index (χ4n) is 0. The average molecular weight is 275 g/mol. The number of amides is 1. The van der Waals surface area contributed by atoms with E-state index in [2.05, 4.69) is 11.5 Å². The van der Waals surface area contributed by atoms with Crippen molar-refractivity contribution in [3.05, 3.63) is 0 Å². The van der Waals surface area contributed by atoms with Gasteiger partial charge in [0, 0.05) is 0 Å². The first-order valence-corrected chi connectivity index (χ1v) is 1.91. The number of aliphatic carboxylic acids is 1. The maximum atomic E-state index is 9.24. The van der Waals surface area contributed by atoms with Gasteiger partial charge in [-0.1, -0.05) is 0 Å². The minimum atomic E-state index is -1.33. The summed E-state index contributed by atoms with van der Waals surface area (Å²) < 4.78 is 0. The van der Waals surface area contributed by atoms with Crippen LogP contribution in [0, 0.1) is 0 Å². The number of hydrogen-bond acceptors (Lipinski definition) is 3. The second-order valence-corrected chi connectivity index (χ2v) is 0.936. The number of carboxylic acids is 1. The van der Waals surface area contributed by atoms with Crippen molar-refractivity contribution in [1.82, 2.24) is 0 Å². The Kier molecular flexibility index (Phi) is 20.0. The molecule has 0 aromatic rings. The molecule has 0 fully saturated rings. The Labute approximate surface area is 97.6 Å². The third kappa shape index (κ3) is 84.8. The third-order valence-corrected chi connectivity index (χ3v) is 0.175. The van der Waals surface area contributed by atoms with Gasteiger partial charge in [0.05, 0.1) is 6.54 Å². The fraction of sp³-hybridized carbons (Fsp3) is 0.333. The zero-order valence-corrected chi connectivity index (χ0v) is 4.57. The summed E-state index contributed by atoms with van der Waals surface area (Å²) in [5.41, 5.74) is 8.60. The summed E-state index contributed by atoms with van der Waals surface area (Å²) in [5.74, 6) is -0.968. The summed E-state index contributed by atoms with van der Waals surface area (Å²) in [4.78, 5) is 18.0. The van der Waals surface area contributed by atoms with Crippen molar-refractivity contribution in [1.29, 1.82) is 0 Å².